The summed E-state index contributed by atoms with van der Waals surface area (Å²) < 4.78 is 0. The van der Waals surface area contributed by atoms with E-state index in [1.165, 1.54) is 47.8 Å². The second kappa shape index (κ2) is 29.5. The molecule has 0 aliphatic carbocycles. The first kappa shape index (κ1) is 59.2. The normalized spacial score (nSPS) is 13.4. The maximum absolute atomic E-state index is 14.1. The van der Waals surface area contributed by atoms with Gasteiger partial charge >= 0.3 is 0 Å². The van der Waals surface area contributed by atoms with Crippen LogP contribution in [0.3, 0.4) is 0 Å². The fraction of sp³-hybridized carbons (Fsp3) is 0.333. The zero-order valence-electron chi connectivity index (χ0n) is 43.1. The van der Waals surface area contributed by atoms with Crippen LogP contribution in [0.2, 0.25) is 0 Å². The number of aromatic nitrogens is 2. The van der Waals surface area contributed by atoms with Gasteiger partial charge in [-0.15, -0.1) is 0 Å². The van der Waals surface area contributed by atoms with Gasteiger partial charge in [-0.1, -0.05) is 60.7 Å². The van der Waals surface area contributed by atoms with Crippen molar-refractivity contribution in [1.29, 1.82) is 0 Å². The molecule has 78 heavy (non-hydrogen) atoms. The molecule has 0 saturated carbocycles. The lowest BCUT2D eigenvalue weighted by molar-refractivity contribution is -0.134. The van der Waals surface area contributed by atoms with Gasteiger partial charge in [0.2, 0.25) is 35.4 Å². The average molecular weight is 1110 g/mol. The molecule has 2 aromatic heterocycles. The highest BCUT2D eigenvalue weighted by molar-refractivity contribution is 7.98. The van der Waals surface area contributed by atoms with Gasteiger partial charge in [-0.3, -0.25) is 49.2 Å². The lowest BCUT2D eigenvalue weighted by Gasteiger charge is -2.23. The summed E-state index contributed by atoms with van der Waals surface area (Å²) in [4.78, 5) is 115. The Morgan fingerprint density at radius 3 is 1.22 bits per heavy atom. The molecule has 2 heterocycles. The first-order chi connectivity index (χ1) is 37.5. The molecule has 0 aliphatic heterocycles. The average Bonchev–Trinajstić information content (AvgIpc) is 4.05. The molecule has 22 nitrogen and oxygen atoms in total. The number of aromatic amines is 2. The van der Waals surface area contributed by atoms with Crippen LogP contribution in [-0.4, -0.2) is 141 Å². The number of amides is 8. The van der Waals surface area contributed by atoms with Crippen molar-refractivity contribution in [2.75, 3.05) is 37.1 Å². The van der Waals surface area contributed by atoms with Gasteiger partial charge in [-0.25, -0.2) is 0 Å². The first-order valence-electron chi connectivity index (χ1n) is 25.0. The zero-order chi connectivity index (χ0) is 56.1. The van der Waals surface area contributed by atoms with Crippen LogP contribution in [0, 0.1) is 0 Å². The lowest BCUT2D eigenvalue weighted by Crippen LogP contribution is -2.59. The van der Waals surface area contributed by atoms with Crippen molar-refractivity contribution in [3.63, 3.8) is 0 Å². The number of para-hydroxylation sites is 2. The monoisotopic (exact) mass is 1110 g/mol. The maximum atomic E-state index is 14.1. The molecular formula is C54H66N12O10S2. The van der Waals surface area contributed by atoms with Gasteiger partial charge in [0.05, 0.1) is 25.2 Å². The zero-order valence-corrected chi connectivity index (χ0v) is 44.7. The summed E-state index contributed by atoms with van der Waals surface area (Å²) in [7, 11) is 0. The summed E-state index contributed by atoms with van der Waals surface area (Å²) in [5, 5.41) is 36.5. The third-order valence-electron chi connectivity index (χ3n) is 12.6. The van der Waals surface area contributed by atoms with Gasteiger partial charge in [0.25, 0.3) is 11.8 Å². The summed E-state index contributed by atoms with van der Waals surface area (Å²) in [6, 6.07) is 20.2. The number of rotatable bonds is 28. The number of hydrazine groups is 1. The Labute approximate surface area is 458 Å². The number of fused-ring (bicyclic) bond motifs is 2. The third kappa shape index (κ3) is 17.8. The molecule has 414 valence electrons. The number of carbonyl (C=O) groups is 8. The lowest BCUT2D eigenvalue weighted by atomic mass is 10.0. The van der Waals surface area contributed by atoms with E-state index in [-0.39, 0.29) is 50.0 Å². The Bertz CT molecular complexity index is 2820. The molecule has 6 rings (SSSR count). The van der Waals surface area contributed by atoms with Crippen molar-refractivity contribution in [3.8, 4) is 11.5 Å². The number of nitrogens with one attached hydrogen (secondary N) is 10. The molecule has 0 saturated heterocycles. The molecule has 6 aromatic rings. The van der Waals surface area contributed by atoms with E-state index in [2.05, 4.69) is 52.7 Å². The molecule has 0 spiro atoms. The van der Waals surface area contributed by atoms with E-state index in [1.54, 1.807) is 36.7 Å². The topological polar surface area (TPSA) is 357 Å². The Hall–Kier alpha value is -8.06. The highest BCUT2D eigenvalue weighted by atomic mass is 32.2. The largest absolute Gasteiger partial charge is 0.508 e. The molecule has 0 bridgehead atoms. The first-order valence-corrected chi connectivity index (χ1v) is 27.8. The number of thioether (sulfide) groups is 2. The van der Waals surface area contributed by atoms with E-state index in [4.69, 9.17) is 11.5 Å². The van der Waals surface area contributed by atoms with Crippen LogP contribution in [0.25, 0.3) is 21.8 Å². The van der Waals surface area contributed by atoms with Crippen LogP contribution in [0.15, 0.2) is 109 Å². The third-order valence-corrected chi connectivity index (χ3v) is 13.9. The van der Waals surface area contributed by atoms with Crippen LogP contribution >= 0.6 is 23.5 Å². The SMILES string of the molecule is CSCC[C@@H](NC(=O)[C@@H](N)Cc1ccc(O)cc1)C(=O)NCC(=O)N[C@@H](Cc1c[nH]c2ccccc12)C(=O)NNC(=O)[C@H](Cc1c[nH]c2ccccc12)NC(=O)CNC(=O)[C@@H](CCSC)NC(=O)[C@@H](N)Cc1ccc(O)cc1. The summed E-state index contributed by atoms with van der Waals surface area (Å²) in [5.41, 5.74) is 21.3. The number of aromatic hydroxyl groups is 2. The number of benzene rings is 4. The number of phenols is 2. The standard InChI is InChI=1S/C54H66N12O10S2/c1-77-21-19-43(63-49(71)39(55)23-31-11-15-35(67)16-12-31)51(73)59-29-47(69)61-45(25-33-27-57-41-9-5-3-7-37(33)41)53(75)65-66-54(76)46(26-34-28-58-42-10-6-4-8-38(34)42)62-48(70)30-60-52(74)44(20-22-78-2)64-50(72)40(56)24-32-13-17-36(68)18-14-32/h3-18,27-28,39-40,43-46,57-58,67-68H,19-26,29-30,55-56H2,1-2H3,(H,59,73)(H,60,74)(H,61,69)(H,62,70)(H,63,71)(H,64,72)(H,65,75)(H,66,76)/t39-,40-,43+,44+,45-,46-/m0/s1. The minimum atomic E-state index is -1.34. The maximum Gasteiger partial charge on any atom is 0.261 e. The van der Waals surface area contributed by atoms with E-state index in [0.717, 1.165) is 21.8 Å². The Morgan fingerprint density at radius 2 is 0.846 bits per heavy atom. The molecule has 0 fully saturated rings. The van der Waals surface area contributed by atoms with Crippen molar-refractivity contribution in [2.45, 2.75) is 74.8 Å². The van der Waals surface area contributed by atoms with Crippen LogP contribution in [0.1, 0.15) is 35.1 Å². The van der Waals surface area contributed by atoms with Crippen LogP contribution in [-0.2, 0) is 64.0 Å². The van der Waals surface area contributed by atoms with Crippen molar-refractivity contribution in [1.82, 2.24) is 52.7 Å². The van der Waals surface area contributed by atoms with Gasteiger partial charge in [-0.2, -0.15) is 23.5 Å². The second-order valence-electron chi connectivity index (χ2n) is 18.4. The molecule has 0 unspecified atom stereocenters. The fourth-order valence-corrected chi connectivity index (χ4v) is 9.30. The highest BCUT2D eigenvalue weighted by Crippen LogP contribution is 2.21. The van der Waals surface area contributed by atoms with E-state index in [0.29, 0.717) is 33.8 Å². The molecule has 6 atom stereocenters. The minimum Gasteiger partial charge on any atom is -0.508 e. The predicted octanol–water partition coefficient (Wildman–Crippen LogP) is 0.811. The van der Waals surface area contributed by atoms with Crippen LogP contribution in [0.4, 0.5) is 0 Å². The van der Waals surface area contributed by atoms with E-state index < -0.39 is 96.6 Å². The fourth-order valence-electron chi connectivity index (χ4n) is 8.35. The quantitative estimate of drug-likeness (QED) is 0.0303. The summed E-state index contributed by atoms with van der Waals surface area (Å²) in [6.45, 7) is -1.19. The summed E-state index contributed by atoms with van der Waals surface area (Å²) >= 11 is 2.89. The van der Waals surface area contributed by atoms with Gasteiger partial charge in [0, 0.05) is 47.0 Å². The second-order valence-corrected chi connectivity index (χ2v) is 20.4. The van der Waals surface area contributed by atoms with Crippen molar-refractivity contribution in [2.24, 2.45) is 11.5 Å². The molecule has 24 heteroatoms. The molecular weight excluding hydrogens is 1040 g/mol. The van der Waals surface area contributed by atoms with Gasteiger partial charge in [0.1, 0.15) is 35.7 Å². The van der Waals surface area contributed by atoms with Gasteiger partial charge < -0.3 is 63.5 Å². The van der Waals surface area contributed by atoms with Gasteiger partial charge in [0.15, 0.2) is 0 Å². The van der Waals surface area contributed by atoms with Crippen molar-refractivity contribution in [3.05, 3.63) is 132 Å². The van der Waals surface area contributed by atoms with Crippen LogP contribution < -0.4 is 54.2 Å². The minimum absolute atomic E-state index is 0.0576. The highest BCUT2D eigenvalue weighted by Gasteiger charge is 2.30. The van der Waals surface area contributed by atoms with Crippen molar-refractivity contribution >= 4 is 92.6 Å². The van der Waals surface area contributed by atoms with Crippen LogP contribution in [0.5, 0.6) is 11.5 Å². The Kier molecular flexibility index (Phi) is 22.4. The van der Waals surface area contributed by atoms with Crippen molar-refractivity contribution < 1.29 is 48.6 Å². The summed E-state index contributed by atoms with van der Waals surface area (Å²) in [6.07, 6.45) is 7.58. The molecule has 8 amide bonds. The number of carbonyl (C=O) groups excluding carboxylic acids is 8. The molecule has 0 aliphatic rings. The predicted molar refractivity (Wildman–Crippen MR) is 300 cm³/mol. The number of hydrogen-bond donors (Lipinski definition) is 14. The smallest absolute Gasteiger partial charge is 0.261 e. The Balaban J connectivity index is 1.11. The Morgan fingerprint density at radius 1 is 0.474 bits per heavy atom. The number of H-pyrrole nitrogens is 2. The molecule has 16 N–H and O–H groups in total. The number of nitrogens with two attached hydrogens (primary N) is 2. The van der Waals surface area contributed by atoms with Gasteiger partial charge in [-0.05, 0) is 108 Å². The van der Waals surface area contributed by atoms with E-state index in [9.17, 15) is 48.6 Å². The van der Waals surface area contributed by atoms with E-state index >= 15 is 0 Å². The number of hydrogen-bond acceptors (Lipinski definition) is 14. The van der Waals surface area contributed by atoms with E-state index in [1.807, 2.05) is 61.0 Å². The molecule has 4 aromatic carbocycles. The molecule has 0 radical (unpaired) electrons. The summed E-state index contributed by atoms with van der Waals surface area (Å²) in [5.74, 6) is -4.69. The number of phenolic OH excluding ortho intramolecular Hbond substituents is 2.